The van der Waals surface area contributed by atoms with Gasteiger partial charge in [0.2, 0.25) is 0 Å². The summed E-state index contributed by atoms with van der Waals surface area (Å²) >= 11 is 0. The fraction of sp³-hybridized carbons (Fsp3) is 0.500. The maximum absolute atomic E-state index is 9.42. The first-order valence-electron chi connectivity index (χ1n) is 1.71. The lowest BCUT2D eigenvalue weighted by atomic mass is 10.7. The minimum absolute atomic E-state index is 0.269. The molecule has 0 aliphatic heterocycles. The Morgan fingerprint density at radius 3 is 2.62 bits per heavy atom. The molecule has 0 saturated carbocycles. The van der Waals surface area contributed by atoms with Crippen molar-refractivity contribution >= 4 is 5.84 Å². The number of rotatable bonds is 1. The third-order valence-electron chi connectivity index (χ3n) is 0.371. The highest BCUT2D eigenvalue weighted by molar-refractivity contribution is 5.87. The number of amidine groups is 1. The summed E-state index contributed by atoms with van der Waals surface area (Å²) in [6, 6.07) is 0. The van der Waals surface area contributed by atoms with E-state index in [0.717, 1.165) is 0 Å². The molecule has 42 valence electrons. The van der Waals surface area contributed by atoms with Crippen LogP contribution in [0.4, 0.5) is 0 Å². The van der Waals surface area contributed by atoms with Gasteiger partial charge in [-0.15, -0.1) is 0 Å². The summed E-state index contributed by atoms with van der Waals surface area (Å²) < 4.78 is 0. The molecule has 0 aliphatic rings. The van der Waals surface area contributed by atoms with Crippen LogP contribution in [0.3, 0.4) is 0 Å². The molecule has 0 fully saturated rings. The molecule has 0 aromatic carbocycles. The van der Waals surface area contributed by atoms with Gasteiger partial charge in [-0.1, -0.05) is 0 Å². The van der Waals surface area contributed by atoms with Crippen molar-refractivity contribution in [2.24, 2.45) is 5.10 Å². The van der Waals surface area contributed by atoms with Crippen molar-refractivity contribution in [1.29, 1.82) is 5.39 Å². The Hall–Kier alpha value is -1.51. The number of nitrogens with zero attached hydrogens (tertiary/aromatic N) is 4. The lowest BCUT2D eigenvalue weighted by Gasteiger charge is -1.59. The van der Waals surface area contributed by atoms with Crippen molar-refractivity contribution < 1.29 is 5.03 Å². The van der Waals surface area contributed by atoms with Crippen LogP contribution in [0, 0.1) is 15.5 Å². The van der Waals surface area contributed by atoms with Crippen LogP contribution in [-0.2, 0) is 0 Å². The van der Waals surface area contributed by atoms with E-state index >= 15 is 0 Å². The maximum Gasteiger partial charge on any atom is 0.512 e. The second-order valence-electron chi connectivity index (χ2n) is 0.985. The minimum atomic E-state index is -0.935. The zero-order chi connectivity index (χ0) is 6.57. The third-order valence-corrected chi connectivity index (χ3v) is 0.371. The van der Waals surface area contributed by atoms with Crippen molar-refractivity contribution in [1.82, 2.24) is 0 Å². The number of diazo groups is 1. The third kappa shape index (κ3) is 2.71. The zero-order valence-electron chi connectivity index (χ0n) is 4.11. The van der Waals surface area contributed by atoms with E-state index in [1.165, 1.54) is 6.92 Å². The van der Waals surface area contributed by atoms with Gasteiger partial charge in [0.1, 0.15) is 0 Å². The van der Waals surface area contributed by atoms with Crippen molar-refractivity contribution in [2.45, 2.75) is 6.92 Å². The number of hydrogen-bond donors (Lipinski definition) is 0. The summed E-state index contributed by atoms with van der Waals surface area (Å²) in [5.41, 5.74) is 0. The molecule has 0 bridgehead atoms. The van der Waals surface area contributed by atoms with Gasteiger partial charge in [-0.3, -0.25) is 0 Å². The smallest absolute Gasteiger partial charge is 0.213 e. The Kier molecular flexibility index (Phi) is 2.13. The number of hydrazone groups is 1. The summed E-state index contributed by atoms with van der Waals surface area (Å²) in [5.74, 6) is -0.269. The molecule has 0 unspecified atom stereocenters. The van der Waals surface area contributed by atoms with Crippen molar-refractivity contribution in [3.8, 4) is 0 Å². The Bertz CT molecular complexity index is 165. The molecule has 0 radical (unpaired) electrons. The quantitative estimate of drug-likeness (QED) is 0.163. The molecular weight excluding hydrogens is 112 g/mol. The van der Waals surface area contributed by atoms with Crippen LogP contribution in [0.1, 0.15) is 6.92 Å². The largest absolute Gasteiger partial charge is 0.512 e. The number of nitro groups is 1. The maximum atomic E-state index is 9.42. The van der Waals surface area contributed by atoms with Crippen LogP contribution in [0.5, 0.6) is 0 Å². The normalized spacial score (nSPS) is 10.2. The Labute approximate surface area is 44.6 Å². The van der Waals surface area contributed by atoms with Gasteiger partial charge < -0.3 is 0 Å². The molecule has 0 heterocycles. The van der Waals surface area contributed by atoms with E-state index in [9.17, 15) is 10.1 Å². The second-order valence-corrected chi connectivity index (χ2v) is 0.985. The van der Waals surface area contributed by atoms with Crippen LogP contribution >= 0.6 is 0 Å². The fourth-order valence-corrected chi connectivity index (χ4v) is 0.138. The Balaban J connectivity index is 4.01. The van der Waals surface area contributed by atoms with Gasteiger partial charge in [-0.05, 0) is 0 Å². The topological polar surface area (TPSA) is 83.7 Å². The van der Waals surface area contributed by atoms with Crippen LogP contribution in [0.2, 0.25) is 0 Å². The molecule has 0 saturated heterocycles. The van der Waals surface area contributed by atoms with Crippen molar-refractivity contribution in [2.75, 3.05) is 0 Å². The average Bonchev–Trinajstić information content (AvgIpc) is 1.65. The standard InChI is InChI=1S/C2H3N4O2/c1-2(4-3)5-6(7)8/h1H3/q+1/b5-2-. The highest BCUT2D eigenvalue weighted by atomic mass is 16.7. The van der Waals surface area contributed by atoms with Gasteiger partial charge in [0.05, 0.1) is 12.3 Å². The minimum Gasteiger partial charge on any atom is -0.213 e. The van der Waals surface area contributed by atoms with E-state index in [1.807, 2.05) is 0 Å². The van der Waals surface area contributed by atoms with Gasteiger partial charge in [0.25, 0.3) is 5.03 Å². The summed E-state index contributed by atoms with van der Waals surface area (Å²) in [7, 11) is 0. The van der Waals surface area contributed by atoms with Gasteiger partial charge in [0.15, 0.2) is 0 Å². The van der Waals surface area contributed by atoms with Gasteiger partial charge in [-0.2, -0.15) is 0 Å². The fourth-order valence-electron chi connectivity index (χ4n) is 0.138. The molecule has 0 aromatic heterocycles. The monoisotopic (exact) mass is 115 g/mol. The van der Waals surface area contributed by atoms with E-state index in [4.69, 9.17) is 5.39 Å². The first-order chi connectivity index (χ1) is 3.66. The second kappa shape index (κ2) is 2.63. The van der Waals surface area contributed by atoms with Crippen molar-refractivity contribution in [3.05, 3.63) is 15.1 Å². The van der Waals surface area contributed by atoms with E-state index in [1.54, 1.807) is 0 Å². The molecule has 8 heavy (non-hydrogen) atoms. The van der Waals surface area contributed by atoms with Crippen LogP contribution in [-0.4, -0.2) is 10.9 Å². The Morgan fingerprint density at radius 2 is 2.50 bits per heavy atom. The lowest BCUT2D eigenvalue weighted by Crippen LogP contribution is -1.89. The molecular formula is C2H3N4O2+. The molecule has 6 nitrogen and oxygen atoms in total. The predicted molar refractivity (Wildman–Crippen MR) is 25.2 cm³/mol. The summed E-state index contributed by atoms with van der Waals surface area (Å²) in [6.45, 7) is 1.21. The van der Waals surface area contributed by atoms with E-state index in [0.29, 0.717) is 0 Å². The SMILES string of the molecule is C/C(=N/[N+](=O)[O-])[N+]#N. The summed E-state index contributed by atoms with van der Waals surface area (Å²) in [4.78, 5) is 11.9. The first-order valence-corrected chi connectivity index (χ1v) is 1.71. The van der Waals surface area contributed by atoms with Crippen LogP contribution < -0.4 is 0 Å². The van der Waals surface area contributed by atoms with Gasteiger partial charge in [-0.25, -0.2) is 10.1 Å². The van der Waals surface area contributed by atoms with Gasteiger partial charge in [0, 0.05) is 4.98 Å². The molecule has 6 heteroatoms. The number of hydrogen-bond acceptors (Lipinski definition) is 3. The average molecular weight is 115 g/mol. The Morgan fingerprint density at radius 1 is 2.00 bits per heavy atom. The van der Waals surface area contributed by atoms with Gasteiger partial charge >= 0.3 is 10.9 Å². The van der Waals surface area contributed by atoms with Crippen molar-refractivity contribution in [3.63, 3.8) is 0 Å². The highest BCUT2D eigenvalue weighted by Crippen LogP contribution is 1.77. The highest BCUT2D eigenvalue weighted by Gasteiger charge is 2.09. The van der Waals surface area contributed by atoms with E-state index < -0.39 is 5.03 Å². The molecule has 0 rings (SSSR count). The summed E-state index contributed by atoms with van der Waals surface area (Å²) in [5, 5.41) is 18.9. The molecule has 0 atom stereocenters. The van der Waals surface area contributed by atoms with Crippen LogP contribution in [0.25, 0.3) is 4.98 Å². The molecule has 0 aromatic rings. The zero-order valence-corrected chi connectivity index (χ0v) is 4.11. The van der Waals surface area contributed by atoms with E-state index in [-0.39, 0.29) is 5.84 Å². The molecule has 0 N–H and O–H groups in total. The van der Waals surface area contributed by atoms with E-state index in [2.05, 4.69) is 10.1 Å². The first kappa shape index (κ1) is 6.49. The predicted octanol–water partition coefficient (Wildman–Crippen LogP) is 0.450. The molecule has 0 spiro atoms. The lowest BCUT2D eigenvalue weighted by molar-refractivity contribution is -0.484. The molecule has 0 amide bonds. The molecule has 0 aliphatic carbocycles. The summed E-state index contributed by atoms with van der Waals surface area (Å²) in [6.07, 6.45) is 0. The van der Waals surface area contributed by atoms with Crippen LogP contribution in [0.15, 0.2) is 5.10 Å².